The van der Waals surface area contributed by atoms with E-state index in [9.17, 15) is 9.59 Å². The fraction of sp³-hybridized carbons (Fsp3) is 0.636. The van der Waals surface area contributed by atoms with Crippen molar-refractivity contribution in [3.8, 4) is 0 Å². The molecule has 0 aromatic heterocycles. The molecular weight excluding hydrogens is 212 g/mol. The Morgan fingerprint density at radius 3 is 2.00 bits per heavy atom. The topological polar surface area (TPSA) is 72.8 Å². The molecule has 5 heteroatoms. The highest BCUT2D eigenvalue weighted by Gasteiger charge is 2.27. The van der Waals surface area contributed by atoms with Crippen LogP contribution in [0.3, 0.4) is 0 Å². The summed E-state index contributed by atoms with van der Waals surface area (Å²) in [4.78, 5) is 22.9. The molecule has 0 aliphatic carbocycles. The van der Waals surface area contributed by atoms with Gasteiger partial charge in [0.25, 0.3) is 0 Å². The number of rotatable bonds is 7. The zero-order valence-electron chi connectivity index (χ0n) is 9.64. The van der Waals surface area contributed by atoms with Crippen molar-refractivity contribution < 1.29 is 24.2 Å². The van der Waals surface area contributed by atoms with Gasteiger partial charge in [-0.15, -0.1) is 0 Å². The maximum atomic E-state index is 11.4. The van der Waals surface area contributed by atoms with Gasteiger partial charge in [-0.05, 0) is 20.3 Å². The van der Waals surface area contributed by atoms with E-state index in [1.807, 2.05) is 0 Å². The first kappa shape index (κ1) is 14.6. The lowest BCUT2D eigenvalue weighted by molar-refractivity contribution is -0.161. The van der Waals surface area contributed by atoms with Gasteiger partial charge >= 0.3 is 11.9 Å². The average molecular weight is 230 g/mol. The van der Waals surface area contributed by atoms with E-state index in [2.05, 4.69) is 0 Å². The minimum absolute atomic E-state index is 0.127. The Morgan fingerprint density at radius 1 is 1.12 bits per heavy atom. The van der Waals surface area contributed by atoms with Crippen LogP contribution in [-0.2, 0) is 19.1 Å². The van der Waals surface area contributed by atoms with Crippen molar-refractivity contribution in [2.75, 3.05) is 19.8 Å². The fourth-order valence-corrected chi connectivity index (χ4v) is 1.08. The van der Waals surface area contributed by atoms with Gasteiger partial charge in [0.1, 0.15) is 0 Å². The maximum absolute atomic E-state index is 11.4. The Bertz CT molecular complexity index is 229. The molecule has 1 N–H and O–H groups in total. The first-order valence-corrected chi connectivity index (χ1v) is 5.26. The van der Waals surface area contributed by atoms with Crippen LogP contribution in [0.15, 0.2) is 12.2 Å². The van der Waals surface area contributed by atoms with Crippen LogP contribution in [0, 0.1) is 5.92 Å². The van der Waals surface area contributed by atoms with Gasteiger partial charge in [0.05, 0.1) is 19.8 Å². The molecule has 0 aliphatic heterocycles. The summed E-state index contributed by atoms with van der Waals surface area (Å²) in [5.74, 6) is -2.13. The molecule has 16 heavy (non-hydrogen) atoms. The van der Waals surface area contributed by atoms with Crippen molar-refractivity contribution in [2.24, 2.45) is 5.92 Å². The number of ether oxygens (including phenoxy) is 2. The van der Waals surface area contributed by atoms with Gasteiger partial charge in [-0.25, -0.2) is 0 Å². The number of carbonyl (C=O) groups is 2. The van der Waals surface area contributed by atoms with E-state index in [1.165, 1.54) is 6.08 Å². The lowest BCUT2D eigenvalue weighted by Gasteiger charge is -2.12. The number of carbonyl (C=O) groups excluding carboxylic acids is 2. The average Bonchev–Trinajstić information content (AvgIpc) is 2.25. The van der Waals surface area contributed by atoms with Gasteiger partial charge in [-0.3, -0.25) is 9.59 Å². The highest BCUT2D eigenvalue weighted by molar-refractivity contribution is 5.95. The molecule has 0 amide bonds. The van der Waals surface area contributed by atoms with Crippen LogP contribution in [0.4, 0.5) is 0 Å². The summed E-state index contributed by atoms with van der Waals surface area (Å²) in [5, 5.41) is 8.54. The van der Waals surface area contributed by atoms with E-state index in [0.29, 0.717) is 0 Å². The SMILES string of the molecule is CCOC(=O)C(C/C=C/CO)C(=O)OCC. The van der Waals surface area contributed by atoms with Gasteiger partial charge in [0.15, 0.2) is 5.92 Å². The lowest BCUT2D eigenvalue weighted by atomic mass is 10.1. The molecule has 0 aromatic rings. The van der Waals surface area contributed by atoms with Crippen molar-refractivity contribution >= 4 is 11.9 Å². The predicted octanol–water partition coefficient (Wildman–Crippen LogP) is 0.667. The summed E-state index contributed by atoms with van der Waals surface area (Å²) < 4.78 is 9.53. The molecule has 0 unspecified atom stereocenters. The standard InChI is InChI=1S/C11H18O5/c1-3-15-10(13)9(7-5-6-8-12)11(14)16-4-2/h5-6,9,12H,3-4,7-8H2,1-2H3/b6-5+. The molecular formula is C11H18O5. The van der Waals surface area contributed by atoms with Crippen LogP contribution < -0.4 is 0 Å². The van der Waals surface area contributed by atoms with Crippen LogP contribution in [-0.4, -0.2) is 36.9 Å². The number of aliphatic hydroxyl groups excluding tert-OH is 1. The van der Waals surface area contributed by atoms with Crippen molar-refractivity contribution in [3.05, 3.63) is 12.2 Å². The van der Waals surface area contributed by atoms with E-state index in [1.54, 1.807) is 19.9 Å². The number of hydrogen-bond acceptors (Lipinski definition) is 5. The number of allylic oxidation sites excluding steroid dienone is 1. The largest absolute Gasteiger partial charge is 0.465 e. The predicted molar refractivity (Wildman–Crippen MR) is 57.6 cm³/mol. The minimum atomic E-state index is -0.942. The maximum Gasteiger partial charge on any atom is 0.320 e. The smallest absolute Gasteiger partial charge is 0.320 e. The molecule has 0 fully saturated rings. The highest BCUT2D eigenvalue weighted by atomic mass is 16.6. The van der Waals surface area contributed by atoms with Gasteiger partial charge in [-0.2, -0.15) is 0 Å². The van der Waals surface area contributed by atoms with Crippen LogP contribution >= 0.6 is 0 Å². The molecule has 92 valence electrons. The first-order valence-electron chi connectivity index (χ1n) is 5.26. The molecule has 5 nitrogen and oxygen atoms in total. The van der Waals surface area contributed by atoms with Crippen LogP contribution in [0.1, 0.15) is 20.3 Å². The quantitative estimate of drug-likeness (QED) is 0.395. The van der Waals surface area contributed by atoms with Crippen LogP contribution in [0.2, 0.25) is 0 Å². The molecule has 0 bridgehead atoms. The Labute approximate surface area is 95.0 Å². The summed E-state index contributed by atoms with van der Waals surface area (Å²) >= 11 is 0. The van der Waals surface area contributed by atoms with Crippen molar-refractivity contribution in [1.82, 2.24) is 0 Å². The summed E-state index contributed by atoms with van der Waals surface area (Å²) in [6.45, 7) is 3.66. The third-order valence-electron chi connectivity index (χ3n) is 1.79. The van der Waals surface area contributed by atoms with E-state index in [0.717, 1.165) is 0 Å². The first-order chi connectivity index (χ1) is 7.67. The summed E-state index contributed by atoms with van der Waals surface area (Å²) in [5.41, 5.74) is 0. The molecule has 0 radical (unpaired) electrons. The molecule has 0 heterocycles. The third kappa shape index (κ3) is 5.50. The molecule has 0 aromatic carbocycles. The van der Waals surface area contributed by atoms with Crippen LogP contribution in [0.5, 0.6) is 0 Å². The van der Waals surface area contributed by atoms with E-state index < -0.39 is 17.9 Å². The Hall–Kier alpha value is -1.36. The Kier molecular flexibility index (Phi) is 8.15. The number of hydrogen-bond donors (Lipinski definition) is 1. The number of esters is 2. The summed E-state index contributed by atoms with van der Waals surface area (Å²) in [6, 6.07) is 0. The van der Waals surface area contributed by atoms with Crippen LogP contribution in [0.25, 0.3) is 0 Å². The van der Waals surface area contributed by atoms with E-state index in [-0.39, 0.29) is 26.2 Å². The van der Waals surface area contributed by atoms with Crippen molar-refractivity contribution in [3.63, 3.8) is 0 Å². The molecule has 0 atom stereocenters. The lowest BCUT2D eigenvalue weighted by Crippen LogP contribution is -2.27. The summed E-state index contributed by atoms with van der Waals surface area (Å²) in [6.07, 6.45) is 3.20. The van der Waals surface area contributed by atoms with E-state index >= 15 is 0 Å². The van der Waals surface area contributed by atoms with Gasteiger partial charge in [-0.1, -0.05) is 12.2 Å². The van der Waals surface area contributed by atoms with Crippen molar-refractivity contribution in [2.45, 2.75) is 20.3 Å². The molecule has 0 spiro atoms. The highest BCUT2D eigenvalue weighted by Crippen LogP contribution is 2.09. The third-order valence-corrected chi connectivity index (χ3v) is 1.79. The normalized spacial score (nSPS) is 10.8. The number of aliphatic hydroxyl groups is 1. The summed E-state index contributed by atoms with van der Waals surface area (Å²) in [7, 11) is 0. The van der Waals surface area contributed by atoms with Gasteiger partial charge in [0.2, 0.25) is 0 Å². The minimum Gasteiger partial charge on any atom is -0.465 e. The molecule has 0 aliphatic rings. The molecule has 0 rings (SSSR count). The van der Waals surface area contributed by atoms with Gasteiger partial charge < -0.3 is 14.6 Å². The second-order valence-corrected chi connectivity index (χ2v) is 2.95. The second kappa shape index (κ2) is 8.91. The second-order valence-electron chi connectivity index (χ2n) is 2.95. The monoisotopic (exact) mass is 230 g/mol. The van der Waals surface area contributed by atoms with Crippen molar-refractivity contribution in [1.29, 1.82) is 0 Å². The fourth-order valence-electron chi connectivity index (χ4n) is 1.08. The zero-order chi connectivity index (χ0) is 12.4. The molecule has 0 saturated heterocycles. The Balaban J connectivity index is 4.42. The van der Waals surface area contributed by atoms with E-state index in [4.69, 9.17) is 14.6 Å². The Morgan fingerprint density at radius 2 is 1.62 bits per heavy atom. The zero-order valence-corrected chi connectivity index (χ0v) is 9.64. The molecule has 0 saturated carbocycles. The van der Waals surface area contributed by atoms with Gasteiger partial charge in [0, 0.05) is 0 Å².